The standard InChI is InChI=1S/C11H14N4O2S2/c1-7-6-18-11(15-7)5-14-10-3-2-8(4-9(10)12)19(13,16)17/h2-4,6,14H,5,12H2,1H3,(H2,13,16,17). The lowest BCUT2D eigenvalue weighted by Crippen LogP contribution is -2.13. The fourth-order valence-electron chi connectivity index (χ4n) is 1.53. The summed E-state index contributed by atoms with van der Waals surface area (Å²) in [6.45, 7) is 2.46. The van der Waals surface area contributed by atoms with Crippen molar-refractivity contribution in [3.8, 4) is 0 Å². The summed E-state index contributed by atoms with van der Waals surface area (Å²) in [4.78, 5) is 4.31. The smallest absolute Gasteiger partial charge is 0.238 e. The molecule has 0 amide bonds. The molecular formula is C11H14N4O2S2. The zero-order valence-corrected chi connectivity index (χ0v) is 11.9. The second-order valence-electron chi connectivity index (χ2n) is 4.03. The topological polar surface area (TPSA) is 111 Å². The fraction of sp³-hybridized carbons (Fsp3) is 0.182. The largest absolute Gasteiger partial charge is 0.397 e. The number of sulfonamides is 1. The average molecular weight is 298 g/mol. The molecule has 6 nitrogen and oxygen atoms in total. The van der Waals surface area contributed by atoms with Crippen molar-refractivity contribution in [2.24, 2.45) is 5.14 Å². The van der Waals surface area contributed by atoms with Gasteiger partial charge in [-0.15, -0.1) is 11.3 Å². The van der Waals surface area contributed by atoms with Gasteiger partial charge in [0.25, 0.3) is 0 Å². The van der Waals surface area contributed by atoms with Crippen LogP contribution >= 0.6 is 11.3 Å². The van der Waals surface area contributed by atoms with Crippen molar-refractivity contribution < 1.29 is 8.42 Å². The van der Waals surface area contributed by atoms with E-state index in [0.29, 0.717) is 17.9 Å². The van der Waals surface area contributed by atoms with E-state index in [2.05, 4.69) is 10.3 Å². The van der Waals surface area contributed by atoms with Gasteiger partial charge in [-0.3, -0.25) is 0 Å². The molecule has 19 heavy (non-hydrogen) atoms. The summed E-state index contributed by atoms with van der Waals surface area (Å²) in [5.41, 5.74) is 7.75. The third kappa shape index (κ3) is 3.43. The number of benzene rings is 1. The van der Waals surface area contributed by atoms with Gasteiger partial charge in [-0.1, -0.05) is 0 Å². The van der Waals surface area contributed by atoms with Crippen LogP contribution in [0.4, 0.5) is 11.4 Å². The van der Waals surface area contributed by atoms with E-state index in [9.17, 15) is 8.42 Å². The van der Waals surface area contributed by atoms with Gasteiger partial charge in [0.1, 0.15) is 5.01 Å². The minimum absolute atomic E-state index is 0.000595. The summed E-state index contributed by atoms with van der Waals surface area (Å²) in [6.07, 6.45) is 0. The second kappa shape index (κ2) is 5.16. The maximum Gasteiger partial charge on any atom is 0.238 e. The van der Waals surface area contributed by atoms with E-state index in [1.807, 2.05) is 12.3 Å². The Bertz CT molecular complexity index is 694. The van der Waals surface area contributed by atoms with Crippen LogP contribution in [0.15, 0.2) is 28.5 Å². The lowest BCUT2D eigenvalue weighted by Gasteiger charge is -2.09. The normalized spacial score (nSPS) is 11.5. The molecule has 2 rings (SSSR count). The summed E-state index contributed by atoms with van der Waals surface area (Å²) < 4.78 is 22.3. The number of aryl methyl sites for hydroxylation is 1. The number of primary sulfonamides is 1. The number of nitrogens with zero attached hydrogens (tertiary/aromatic N) is 1. The highest BCUT2D eigenvalue weighted by Gasteiger charge is 2.10. The quantitative estimate of drug-likeness (QED) is 0.737. The SMILES string of the molecule is Cc1csc(CNc2ccc(S(N)(=O)=O)cc2N)n1. The predicted molar refractivity (Wildman–Crippen MR) is 76.4 cm³/mol. The van der Waals surface area contributed by atoms with Crippen molar-refractivity contribution in [1.82, 2.24) is 4.98 Å². The molecule has 0 radical (unpaired) electrons. The van der Waals surface area contributed by atoms with Crippen molar-refractivity contribution in [3.63, 3.8) is 0 Å². The van der Waals surface area contributed by atoms with Crippen molar-refractivity contribution in [3.05, 3.63) is 34.3 Å². The maximum atomic E-state index is 11.2. The highest BCUT2D eigenvalue weighted by Crippen LogP contribution is 2.23. The average Bonchev–Trinajstić information content (AvgIpc) is 2.72. The van der Waals surface area contributed by atoms with E-state index in [1.54, 1.807) is 17.4 Å². The molecular weight excluding hydrogens is 284 g/mol. The molecule has 1 aromatic heterocycles. The molecule has 0 aliphatic carbocycles. The van der Waals surface area contributed by atoms with E-state index in [1.165, 1.54) is 12.1 Å². The van der Waals surface area contributed by atoms with Crippen LogP contribution in [0.5, 0.6) is 0 Å². The molecule has 0 atom stereocenters. The Morgan fingerprint density at radius 2 is 2.16 bits per heavy atom. The van der Waals surface area contributed by atoms with E-state index < -0.39 is 10.0 Å². The van der Waals surface area contributed by atoms with Gasteiger partial charge in [0.2, 0.25) is 10.0 Å². The van der Waals surface area contributed by atoms with E-state index in [4.69, 9.17) is 10.9 Å². The summed E-state index contributed by atoms with van der Waals surface area (Å²) in [5.74, 6) is 0. The first-order chi connectivity index (χ1) is 8.86. The molecule has 2 aromatic rings. The number of hydrogen-bond donors (Lipinski definition) is 3. The molecule has 0 bridgehead atoms. The number of aromatic nitrogens is 1. The summed E-state index contributed by atoms with van der Waals surface area (Å²) in [7, 11) is -3.72. The molecule has 0 aliphatic rings. The predicted octanol–water partition coefficient (Wildman–Crippen LogP) is 1.29. The van der Waals surface area contributed by atoms with Gasteiger partial charge in [0, 0.05) is 11.1 Å². The Labute approximate surface area is 115 Å². The maximum absolute atomic E-state index is 11.2. The Hall–Kier alpha value is -1.64. The number of rotatable bonds is 4. The second-order valence-corrected chi connectivity index (χ2v) is 6.53. The van der Waals surface area contributed by atoms with E-state index >= 15 is 0 Å². The van der Waals surface area contributed by atoms with Crippen molar-refractivity contribution in [2.75, 3.05) is 11.1 Å². The van der Waals surface area contributed by atoms with Gasteiger partial charge in [-0.25, -0.2) is 18.5 Å². The van der Waals surface area contributed by atoms with Gasteiger partial charge in [0.05, 0.1) is 22.8 Å². The first-order valence-corrected chi connectivity index (χ1v) is 7.86. The number of nitrogen functional groups attached to an aromatic ring is 1. The van der Waals surface area contributed by atoms with Crippen LogP contribution in [0.25, 0.3) is 0 Å². The fourth-order valence-corrected chi connectivity index (χ4v) is 2.79. The monoisotopic (exact) mass is 298 g/mol. The molecule has 0 spiro atoms. The number of thiazole rings is 1. The molecule has 8 heteroatoms. The lowest BCUT2D eigenvalue weighted by molar-refractivity contribution is 0.598. The number of nitrogens with two attached hydrogens (primary N) is 2. The van der Waals surface area contributed by atoms with E-state index in [-0.39, 0.29) is 4.90 Å². The van der Waals surface area contributed by atoms with Gasteiger partial charge in [-0.05, 0) is 25.1 Å². The van der Waals surface area contributed by atoms with Crippen LogP contribution < -0.4 is 16.2 Å². The molecule has 102 valence electrons. The van der Waals surface area contributed by atoms with Crippen LogP contribution in [0, 0.1) is 6.92 Å². The molecule has 5 N–H and O–H groups in total. The Balaban J connectivity index is 2.14. The first-order valence-electron chi connectivity index (χ1n) is 5.43. The van der Waals surface area contributed by atoms with Crippen molar-refractivity contribution in [1.29, 1.82) is 0 Å². The number of nitrogens with one attached hydrogen (secondary N) is 1. The summed E-state index contributed by atoms with van der Waals surface area (Å²) in [5, 5.41) is 11.0. The minimum atomic E-state index is -3.72. The third-order valence-electron chi connectivity index (χ3n) is 2.45. The minimum Gasteiger partial charge on any atom is -0.397 e. The van der Waals surface area contributed by atoms with Crippen LogP contribution in [-0.4, -0.2) is 13.4 Å². The van der Waals surface area contributed by atoms with Crippen molar-refractivity contribution in [2.45, 2.75) is 18.4 Å². The van der Waals surface area contributed by atoms with Crippen LogP contribution in [0.3, 0.4) is 0 Å². The van der Waals surface area contributed by atoms with Gasteiger partial charge >= 0.3 is 0 Å². The summed E-state index contributed by atoms with van der Waals surface area (Å²) in [6, 6.07) is 4.35. The Morgan fingerprint density at radius 1 is 1.42 bits per heavy atom. The first kappa shape index (κ1) is 13.8. The molecule has 0 fully saturated rings. The number of hydrogen-bond acceptors (Lipinski definition) is 6. The van der Waals surface area contributed by atoms with Crippen LogP contribution in [0.2, 0.25) is 0 Å². The van der Waals surface area contributed by atoms with Crippen LogP contribution in [0.1, 0.15) is 10.7 Å². The highest BCUT2D eigenvalue weighted by atomic mass is 32.2. The van der Waals surface area contributed by atoms with Gasteiger partial charge < -0.3 is 11.1 Å². The van der Waals surface area contributed by atoms with Crippen molar-refractivity contribution >= 4 is 32.7 Å². The molecule has 1 aromatic carbocycles. The molecule has 0 aliphatic heterocycles. The number of anilines is 2. The highest BCUT2D eigenvalue weighted by molar-refractivity contribution is 7.89. The van der Waals surface area contributed by atoms with Crippen LogP contribution in [-0.2, 0) is 16.6 Å². The Kier molecular flexibility index (Phi) is 3.74. The molecule has 0 saturated heterocycles. The van der Waals surface area contributed by atoms with E-state index in [0.717, 1.165) is 10.7 Å². The Morgan fingerprint density at radius 3 is 2.68 bits per heavy atom. The van der Waals surface area contributed by atoms with Gasteiger partial charge in [-0.2, -0.15) is 0 Å². The zero-order valence-electron chi connectivity index (χ0n) is 10.3. The van der Waals surface area contributed by atoms with Gasteiger partial charge in [0.15, 0.2) is 0 Å². The summed E-state index contributed by atoms with van der Waals surface area (Å²) >= 11 is 1.55. The zero-order chi connectivity index (χ0) is 14.0. The molecule has 0 unspecified atom stereocenters. The molecule has 0 saturated carbocycles. The third-order valence-corrected chi connectivity index (χ3v) is 4.33. The molecule has 1 heterocycles. The lowest BCUT2D eigenvalue weighted by atomic mass is 10.2.